The van der Waals surface area contributed by atoms with Crippen molar-refractivity contribution in [3.05, 3.63) is 29.8 Å². The summed E-state index contributed by atoms with van der Waals surface area (Å²) in [4.78, 5) is 3.72. The first kappa shape index (κ1) is 16.1. The number of ether oxygens (including phenoxy) is 1. The molecule has 0 aliphatic carbocycles. The molecule has 0 amide bonds. The molecule has 1 atom stereocenters. The second-order valence-corrected chi connectivity index (χ2v) is 6.53. The zero-order chi connectivity index (χ0) is 15.1. The number of fused-ring (bicyclic) bond motifs is 1. The van der Waals surface area contributed by atoms with Crippen molar-refractivity contribution >= 4 is 17.6 Å². The van der Waals surface area contributed by atoms with Crippen LogP contribution in [-0.2, 0) is 11.2 Å². The van der Waals surface area contributed by atoms with E-state index < -0.39 is 0 Å². The van der Waals surface area contributed by atoms with E-state index in [-0.39, 0.29) is 5.84 Å². The Bertz CT molecular complexity index is 457. The van der Waals surface area contributed by atoms with Crippen LogP contribution in [0.3, 0.4) is 0 Å². The molecule has 0 saturated heterocycles. The van der Waals surface area contributed by atoms with Gasteiger partial charge in [0.1, 0.15) is 5.84 Å². The molecule has 1 heterocycles. The number of hydrogen-bond donors (Lipinski definition) is 2. The van der Waals surface area contributed by atoms with Gasteiger partial charge in [0.05, 0.1) is 6.61 Å². The van der Waals surface area contributed by atoms with E-state index in [0.717, 1.165) is 26.1 Å². The average molecular weight is 309 g/mol. The molecule has 3 N–H and O–H groups in total. The third kappa shape index (κ3) is 4.91. The van der Waals surface area contributed by atoms with Gasteiger partial charge in [0.2, 0.25) is 0 Å². The number of oxime groups is 1. The lowest BCUT2D eigenvalue weighted by Crippen LogP contribution is -2.36. The summed E-state index contributed by atoms with van der Waals surface area (Å²) in [5, 5.41) is 12.2. The first-order valence-corrected chi connectivity index (χ1v) is 8.03. The van der Waals surface area contributed by atoms with Crippen molar-refractivity contribution in [3.63, 3.8) is 0 Å². The van der Waals surface area contributed by atoms with Crippen LogP contribution < -0.4 is 5.73 Å². The molecule has 6 heteroatoms. The van der Waals surface area contributed by atoms with E-state index >= 15 is 0 Å². The highest BCUT2D eigenvalue weighted by atomic mass is 32.2. The van der Waals surface area contributed by atoms with Crippen LogP contribution in [0.15, 0.2) is 34.3 Å². The summed E-state index contributed by atoms with van der Waals surface area (Å²) in [6.45, 7) is 3.33. The van der Waals surface area contributed by atoms with Crippen molar-refractivity contribution in [2.45, 2.75) is 23.0 Å². The van der Waals surface area contributed by atoms with Gasteiger partial charge in [0, 0.05) is 43.3 Å². The highest BCUT2D eigenvalue weighted by molar-refractivity contribution is 8.00. The van der Waals surface area contributed by atoms with E-state index in [1.165, 1.54) is 10.5 Å². The summed E-state index contributed by atoms with van der Waals surface area (Å²) in [6.07, 6.45) is 1.68. The Morgan fingerprint density at radius 3 is 3.00 bits per heavy atom. The normalized spacial score (nSPS) is 18.2. The predicted octanol–water partition coefficient (Wildman–Crippen LogP) is 1.79. The number of nitrogens with zero attached hydrogens (tertiary/aromatic N) is 2. The van der Waals surface area contributed by atoms with Crippen molar-refractivity contribution in [2.24, 2.45) is 10.9 Å². The van der Waals surface area contributed by atoms with Crippen molar-refractivity contribution in [1.29, 1.82) is 0 Å². The Morgan fingerprint density at radius 2 is 2.29 bits per heavy atom. The van der Waals surface area contributed by atoms with Crippen LogP contribution in [0, 0.1) is 0 Å². The van der Waals surface area contributed by atoms with Crippen LogP contribution in [0.5, 0.6) is 0 Å². The predicted molar refractivity (Wildman–Crippen MR) is 86.1 cm³/mol. The number of benzene rings is 1. The summed E-state index contributed by atoms with van der Waals surface area (Å²) in [6, 6.07) is 8.59. The van der Waals surface area contributed by atoms with Crippen molar-refractivity contribution < 1.29 is 9.94 Å². The zero-order valence-corrected chi connectivity index (χ0v) is 13.2. The maximum absolute atomic E-state index is 8.64. The van der Waals surface area contributed by atoms with Crippen LogP contribution >= 0.6 is 11.8 Å². The summed E-state index contributed by atoms with van der Waals surface area (Å²) >= 11 is 1.94. The largest absolute Gasteiger partial charge is 0.409 e. The second kappa shape index (κ2) is 8.26. The van der Waals surface area contributed by atoms with Gasteiger partial charge in [-0.05, 0) is 18.1 Å². The minimum absolute atomic E-state index is 0.278. The van der Waals surface area contributed by atoms with E-state index in [1.807, 2.05) is 11.8 Å². The van der Waals surface area contributed by atoms with Crippen LogP contribution in [-0.4, -0.2) is 54.5 Å². The number of thioether (sulfide) groups is 1. The highest BCUT2D eigenvalue weighted by Gasteiger charge is 2.23. The Hall–Kier alpha value is -1.24. The third-order valence-electron chi connectivity index (χ3n) is 3.60. The van der Waals surface area contributed by atoms with Gasteiger partial charge >= 0.3 is 0 Å². The Kier molecular flexibility index (Phi) is 6.35. The van der Waals surface area contributed by atoms with Crippen LogP contribution in [0.25, 0.3) is 0 Å². The molecule has 0 spiro atoms. The van der Waals surface area contributed by atoms with Gasteiger partial charge in [0.15, 0.2) is 0 Å². The lowest BCUT2D eigenvalue weighted by molar-refractivity contribution is 0.149. The minimum atomic E-state index is 0.278. The van der Waals surface area contributed by atoms with Gasteiger partial charge < -0.3 is 15.7 Å². The van der Waals surface area contributed by atoms with Gasteiger partial charge in [-0.2, -0.15) is 0 Å². The quantitative estimate of drug-likeness (QED) is 0.331. The Labute approximate surface area is 130 Å². The summed E-state index contributed by atoms with van der Waals surface area (Å²) in [5.74, 6) is 0.278. The smallest absolute Gasteiger partial charge is 0.140 e. The molecule has 1 aromatic rings. The first-order valence-electron chi connectivity index (χ1n) is 7.15. The number of nitrogens with two attached hydrogens (primary N) is 1. The fraction of sp³-hybridized carbons (Fsp3) is 0.533. The Balaban J connectivity index is 1.87. The fourth-order valence-electron chi connectivity index (χ4n) is 2.48. The first-order chi connectivity index (χ1) is 10.2. The van der Waals surface area contributed by atoms with Crippen LogP contribution in [0.4, 0.5) is 0 Å². The standard InChI is InChI=1S/C15H23N3O2S/c1-20-9-8-18(7-6-15(16)17-19)11-13-10-12-4-2-3-5-14(12)21-13/h2-5,13,19H,6-11H2,1H3,(H2,16,17). The Morgan fingerprint density at radius 1 is 1.48 bits per heavy atom. The molecule has 0 bridgehead atoms. The molecule has 1 aliphatic rings. The second-order valence-electron chi connectivity index (χ2n) is 5.19. The zero-order valence-electron chi connectivity index (χ0n) is 12.4. The third-order valence-corrected chi connectivity index (χ3v) is 4.90. The van der Waals surface area contributed by atoms with Crippen molar-refractivity contribution in [3.8, 4) is 0 Å². The minimum Gasteiger partial charge on any atom is -0.409 e. The van der Waals surface area contributed by atoms with Gasteiger partial charge in [-0.15, -0.1) is 11.8 Å². The summed E-state index contributed by atoms with van der Waals surface area (Å²) < 4.78 is 5.17. The number of amidine groups is 1. The summed E-state index contributed by atoms with van der Waals surface area (Å²) in [5.41, 5.74) is 7.00. The fourth-order valence-corrected chi connectivity index (χ4v) is 3.85. The monoisotopic (exact) mass is 309 g/mol. The molecule has 2 rings (SSSR count). The molecule has 21 heavy (non-hydrogen) atoms. The maximum Gasteiger partial charge on any atom is 0.140 e. The molecule has 5 nitrogen and oxygen atoms in total. The van der Waals surface area contributed by atoms with Gasteiger partial charge in [0.25, 0.3) is 0 Å². The molecular formula is C15H23N3O2S. The molecular weight excluding hydrogens is 286 g/mol. The van der Waals surface area contributed by atoms with Gasteiger partial charge in [-0.1, -0.05) is 23.4 Å². The molecule has 0 fully saturated rings. The van der Waals surface area contributed by atoms with Crippen LogP contribution in [0.1, 0.15) is 12.0 Å². The topological polar surface area (TPSA) is 71.1 Å². The number of hydrogen-bond acceptors (Lipinski definition) is 5. The number of rotatable bonds is 8. The molecule has 0 saturated carbocycles. The van der Waals surface area contributed by atoms with Gasteiger partial charge in [-0.3, -0.25) is 4.90 Å². The molecule has 1 aromatic carbocycles. The lowest BCUT2D eigenvalue weighted by Gasteiger charge is -2.24. The van der Waals surface area contributed by atoms with Gasteiger partial charge in [-0.25, -0.2) is 0 Å². The highest BCUT2D eigenvalue weighted by Crippen LogP contribution is 2.36. The van der Waals surface area contributed by atoms with E-state index in [0.29, 0.717) is 18.3 Å². The van der Waals surface area contributed by atoms with Crippen LogP contribution in [0.2, 0.25) is 0 Å². The number of methoxy groups -OCH3 is 1. The van der Waals surface area contributed by atoms with E-state index in [9.17, 15) is 0 Å². The van der Waals surface area contributed by atoms with Crippen molar-refractivity contribution in [2.75, 3.05) is 33.4 Å². The molecule has 0 aromatic heterocycles. The molecule has 1 unspecified atom stereocenters. The molecule has 116 valence electrons. The molecule has 1 aliphatic heterocycles. The average Bonchev–Trinajstić information content (AvgIpc) is 2.91. The van der Waals surface area contributed by atoms with E-state index in [4.69, 9.17) is 15.7 Å². The summed E-state index contributed by atoms with van der Waals surface area (Å²) in [7, 11) is 1.71. The SMILES string of the molecule is COCCN(CCC(N)=NO)CC1Cc2ccccc2S1. The lowest BCUT2D eigenvalue weighted by atomic mass is 10.1. The van der Waals surface area contributed by atoms with Crippen molar-refractivity contribution in [1.82, 2.24) is 4.90 Å². The van der Waals surface area contributed by atoms with E-state index in [1.54, 1.807) is 7.11 Å². The van der Waals surface area contributed by atoms with E-state index in [2.05, 4.69) is 34.3 Å². The molecule has 0 radical (unpaired) electrons. The maximum atomic E-state index is 8.64.